The van der Waals surface area contributed by atoms with Gasteiger partial charge in [0.05, 0.1) is 36.4 Å². The van der Waals surface area contributed by atoms with Gasteiger partial charge in [-0.15, -0.1) is 0 Å². The number of imide groups is 2. The van der Waals surface area contributed by atoms with Crippen molar-refractivity contribution in [1.29, 1.82) is 0 Å². The highest BCUT2D eigenvalue weighted by atomic mass is 16.3. The third-order valence-corrected chi connectivity index (χ3v) is 6.84. The van der Waals surface area contributed by atoms with Crippen LogP contribution in [-0.2, 0) is 19.2 Å². The van der Waals surface area contributed by atoms with E-state index in [-0.39, 0.29) is 23.6 Å². The third kappa shape index (κ3) is 1.86. The number of hydrazine groups is 1. The van der Waals surface area contributed by atoms with Gasteiger partial charge in [0, 0.05) is 14.1 Å². The quantitative estimate of drug-likeness (QED) is 0.645. The normalized spacial score (nSPS) is 36.2. The molecule has 10 nitrogen and oxygen atoms in total. The number of hydrogen-bond donors (Lipinski definition) is 0. The molecule has 0 aliphatic carbocycles. The van der Waals surface area contributed by atoms with Crippen molar-refractivity contribution >= 4 is 23.6 Å². The van der Waals surface area contributed by atoms with Crippen molar-refractivity contribution in [1.82, 2.24) is 19.8 Å². The minimum absolute atomic E-state index is 0.333. The number of furan rings is 2. The first-order valence-electron chi connectivity index (χ1n) is 9.69. The summed E-state index contributed by atoms with van der Waals surface area (Å²) in [7, 11) is 2.91. The van der Waals surface area contributed by atoms with Gasteiger partial charge in [-0.25, -0.2) is 10.0 Å². The van der Waals surface area contributed by atoms with E-state index in [1.54, 1.807) is 34.3 Å². The van der Waals surface area contributed by atoms with Crippen LogP contribution in [0.3, 0.4) is 0 Å². The lowest BCUT2D eigenvalue weighted by Gasteiger charge is -2.33. The topological polar surface area (TPSA) is 108 Å². The predicted molar refractivity (Wildman–Crippen MR) is 96.7 cm³/mol. The summed E-state index contributed by atoms with van der Waals surface area (Å²) in [4.78, 5) is 54.6. The molecule has 4 fully saturated rings. The van der Waals surface area contributed by atoms with E-state index in [0.717, 1.165) is 9.80 Å². The van der Waals surface area contributed by atoms with Crippen molar-refractivity contribution in [3.8, 4) is 0 Å². The lowest BCUT2D eigenvalue weighted by Crippen LogP contribution is -2.49. The Kier molecular flexibility index (Phi) is 3.33. The fraction of sp³-hybridized carbons (Fsp3) is 0.400. The first-order chi connectivity index (χ1) is 14.4. The summed E-state index contributed by atoms with van der Waals surface area (Å²) < 4.78 is 11.3. The zero-order valence-electron chi connectivity index (χ0n) is 16.2. The van der Waals surface area contributed by atoms with Gasteiger partial charge in [-0.3, -0.25) is 29.0 Å². The van der Waals surface area contributed by atoms with Gasteiger partial charge in [0.15, 0.2) is 0 Å². The number of rotatable bonds is 2. The van der Waals surface area contributed by atoms with E-state index in [4.69, 9.17) is 8.83 Å². The van der Waals surface area contributed by atoms with Crippen LogP contribution in [0.2, 0.25) is 0 Å². The van der Waals surface area contributed by atoms with Crippen molar-refractivity contribution in [3.63, 3.8) is 0 Å². The molecule has 4 aliphatic rings. The molecule has 2 aromatic rings. The number of nitrogens with zero attached hydrogens (tertiary/aromatic N) is 4. The molecule has 154 valence electrons. The van der Waals surface area contributed by atoms with Crippen LogP contribution in [-0.4, -0.2) is 69.6 Å². The zero-order chi connectivity index (χ0) is 20.9. The molecule has 6 atom stereocenters. The highest BCUT2D eigenvalue weighted by molar-refractivity contribution is 6.10. The Morgan fingerprint density at radius 2 is 1.03 bits per heavy atom. The molecule has 2 aromatic heterocycles. The summed E-state index contributed by atoms with van der Waals surface area (Å²) in [6.45, 7) is 0. The van der Waals surface area contributed by atoms with Gasteiger partial charge < -0.3 is 8.83 Å². The molecular formula is C20H18N4O6. The maximum Gasteiger partial charge on any atom is 0.248 e. The molecule has 4 amide bonds. The number of carbonyl (C=O) groups is 4. The minimum Gasteiger partial charge on any atom is -0.468 e. The molecule has 0 aromatic carbocycles. The van der Waals surface area contributed by atoms with Crippen molar-refractivity contribution in [2.24, 2.45) is 11.8 Å². The second-order valence-corrected chi connectivity index (χ2v) is 8.09. The van der Waals surface area contributed by atoms with Gasteiger partial charge in [-0.1, -0.05) is 0 Å². The molecule has 6 rings (SSSR count). The van der Waals surface area contributed by atoms with Crippen molar-refractivity contribution < 1.29 is 28.0 Å². The van der Waals surface area contributed by atoms with Gasteiger partial charge >= 0.3 is 0 Å². The van der Waals surface area contributed by atoms with Crippen LogP contribution in [0.5, 0.6) is 0 Å². The molecule has 0 N–H and O–H groups in total. The standard InChI is InChI=1S/C20H18N4O6/c1-21-17(25)11-13(9-5-3-7-29-9)24-16-12(18(26)22(2)20(16)28)14(10-6-4-8-30-10)23(24)15(11)19(21)27/h3-8,11-16H,1-2H3/t11-,12-,13-,14-,15+,16+/m1/s1. The van der Waals surface area contributed by atoms with E-state index in [9.17, 15) is 19.2 Å². The lowest BCUT2D eigenvalue weighted by molar-refractivity contribution is -0.152. The van der Waals surface area contributed by atoms with Gasteiger partial charge in [-0.05, 0) is 24.3 Å². The van der Waals surface area contributed by atoms with E-state index in [1.807, 2.05) is 0 Å². The van der Waals surface area contributed by atoms with Crippen LogP contribution in [0.15, 0.2) is 45.6 Å². The van der Waals surface area contributed by atoms with Crippen LogP contribution < -0.4 is 0 Å². The van der Waals surface area contributed by atoms with Crippen molar-refractivity contribution in [3.05, 3.63) is 48.3 Å². The second kappa shape index (κ2) is 5.67. The second-order valence-electron chi connectivity index (χ2n) is 8.09. The number of likely N-dealkylation sites (N-methyl/N-ethyl adjacent to an activating group) is 2. The molecule has 6 heterocycles. The number of carbonyl (C=O) groups excluding carboxylic acids is 4. The first kappa shape index (κ1) is 17.6. The van der Waals surface area contributed by atoms with Crippen LogP contribution in [0.25, 0.3) is 0 Å². The molecular weight excluding hydrogens is 392 g/mol. The monoisotopic (exact) mass is 410 g/mol. The van der Waals surface area contributed by atoms with Crippen LogP contribution in [0, 0.1) is 11.8 Å². The highest BCUT2D eigenvalue weighted by Crippen LogP contribution is 2.58. The van der Waals surface area contributed by atoms with Crippen LogP contribution >= 0.6 is 0 Å². The Morgan fingerprint density at radius 3 is 1.37 bits per heavy atom. The summed E-state index contributed by atoms with van der Waals surface area (Å²) in [5.74, 6) is -1.96. The van der Waals surface area contributed by atoms with Crippen molar-refractivity contribution in [2.45, 2.75) is 24.2 Å². The lowest BCUT2D eigenvalue weighted by atomic mass is 9.87. The summed E-state index contributed by atoms with van der Waals surface area (Å²) in [6.07, 6.45) is 2.98. The molecule has 30 heavy (non-hydrogen) atoms. The summed E-state index contributed by atoms with van der Waals surface area (Å²) in [6, 6.07) is 3.80. The predicted octanol–water partition coefficient (Wildman–Crippen LogP) is 0.168. The Balaban J connectivity index is 1.59. The largest absolute Gasteiger partial charge is 0.468 e. The minimum atomic E-state index is -0.843. The molecule has 0 spiro atoms. The average Bonchev–Trinajstić information content (AvgIpc) is 3.54. The summed E-state index contributed by atoms with van der Waals surface area (Å²) in [5.41, 5.74) is 0. The molecule has 0 radical (unpaired) electrons. The number of likely N-dealkylation sites (tertiary alicyclic amines) is 2. The van der Waals surface area contributed by atoms with Gasteiger partial charge in [-0.2, -0.15) is 0 Å². The molecule has 4 saturated heterocycles. The Labute approximate surface area is 170 Å². The average molecular weight is 410 g/mol. The SMILES string of the molecule is CN1C(=O)[C@H]2[C@@H](C1=O)N1[C@H](c3ccco3)[C@H]3C(=O)N(C)C(=O)[C@H]3N1[C@@H]2c1ccco1. The first-order valence-corrected chi connectivity index (χ1v) is 9.69. The zero-order valence-corrected chi connectivity index (χ0v) is 16.2. The number of fused-ring (bicyclic) bond motifs is 5. The van der Waals surface area contributed by atoms with Gasteiger partial charge in [0.1, 0.15) is 23.6 Å². The van der Waals surface area contributed by atoms with Gasteiger partial charge in [0.2, 0.25) is 23.6 Å². The highest BCUT2D eigenvalue weighted by Gasteiger charge is 2.73. The van der Waals surface area contributed by atoms with E-state index in [0.29, 0.717) is 11.5 Å². The Morgan fingerprint density at radius 1 is 0.633 bits per heavy atom. The van der Waals surface area contributed by atoms with E-state index < -0.39 is 36.0 Å². The molecule has 0 unspecified atom stereocenters. The number of amides is 4. The summed E-state index contributed by atoms with van der Waals surface area (Å²) in [5, 5.41) is 3.44. The van der Waals surface area contributed by atoms with E-state index in [2.05, 4.69) is 0 Å². The third-order valence-electron chi connectivity index (χ3n) is 6.84. The molecule has 4 aliphatic heterocycles. The van der Waals surface area contributed by atoms with Crippen LogP contribution in [0.4, 0.5) is 0 Å². The molecule has 10 heteroatoms. The van der Waals surface area contributed by atoms with Crippen molar-refractivity contribution in [2.75, 3.05) is 14.1 Å². The van der Waals surface area contributed by atoms with E-state index >= 15 is 0 Å². The summed E-state index contributed by atoms with van der Waals surface area (Å²) >= 11 is 0. The molecule has 0 saturated carbocycles. The number of hydrogen-bond acceptors (Lipinski definition) is 8. The van der Waals surface area contributed by atoms with Gasteiger partial charge in [0.25, 0.3) is 0 Å². The maximum atomic E-state index is 13.1. The fourth-order valence-electron chi connectivity index (χ4n) is 5.59. The smallest absolute Gasteiger partial charge is 0.248 e. The van der Waals surface area contributed by atoms with E-state index in [1.165, 1.54) is 26.6 Å². The fourth-order valence-corrected chi connectivity index (χ4v) is 5.59. The molecule has 0 bridgehead atoms. The Hall–Kier alpha value is -3.24. The van der Waals surface area contributed by atoms with Crippen LogP contribution in [0.1, 0.15) is 23.6 Å². The Bertz CT molecular complexity index is 993. The maximum absolute atomic E-state index is 13.1.